The van der Waals surface area contributed by atoms with Crippen LogP contribution in [0.5, 0.6) is 0 Å². The van der Waals surface area contributed by atoms with Crippen LogP contribution in [0.2, 0.25) is 0 Å². The van der Waals surface area contributed by atoms with Crippen molar-refractivity contribution in [2.75, 3.05) is 5.73 Å². The molecule has 0 radical (unpaired) electrons. The minimum atomic E-state index is -0.295. The zero-order valence-electron chi connectivity index (χ0n) is 27.2. The molecule has 232 valence electrons. The molecule has 2 aliphatic rings. The first kappa shape index (κ1) is 28.9. The van der Waals surface area contributed by atoms with Crippen molar-refractivity contribution in [1.29, 1.82) is 5.41 Å². The summed E-state index contributed by atoms with van der Waals surface area (Å²) < 4.78 is 0. The Balaban J connectivity index is 0.000000183. The second-order valence-electron chi connectivity index (χ2n) is 13.0. The van der Waals surface area contributed by atoms with Crippen LogP contribution in [0.4, 0.5) is 5.69 Å². The van der Waals surface area contributed by atoms with Crippen LogP contribution in [-0.2, 0) is 5.41 Å². The fourth-order valence-electron chi connectivity index (χ4n) is 8.42. The molecule has 10 rings (SSSR count). The van der Waals surface area contributed by atoms with Gasteiger partial charge in [-0.2, -0.15) is 0 Å². The Kier molecular flexibility index (Phi) is 6.60. The molecule has 2 heteroatoms. The summed E-state index contributed by atoms with van der Waals surface area (Å²) in [4.78, 5) is 0. The molecule has 0 unspecified atom stereocenters. The third-order valence-electron chi connectivity index (χ3n) is 10.5. The van der Waals surface area contributed by atoms with Crippen molar-refractivity contribution in [2.24, 2.45) is 0 Å². The summed E-state index contributed by atoms with van der Waals surface area (Å²) in [6.07, 6.45) is 0. The number of benzene rings is 8. The molecule has 0 fully saturated rings. The van der Waals surface area contributed by atoms with Gasteiger partial charge in [-0.25, -0.2) is 0 Å². The molecule has 2 aliphatic carbocycles. The molecule has 0 bridgehead atoms. The smallest absolute Gasteiger partial charge is 0.0726 e. The summed E-state index contributed by atoms with van der Waals surface area (Å²) in [6, 6.07) is 60.1. The normalized spacial score (nSPS) is 12.9. The number of para-hydroxylation sites is 1. The maximum absolute atomic E-state index is 8.03. The third-order valence-corrected chi connectivity index (χ3v) is 10.5. The van der Waals surface area contributed by atoms with E-state index in [9.17, 15) is 0 Å². The van der Waals surface area contributed by atoms with Crippen molar-refractivity contribution >= 4 is 32.9 Å². The first-order chi connectivity index (χ1) is 24.1. The van der Waals surface area contributed by atoms with E-state index in [1.165, 1.54) is 71.6 Å². The van der Waals surface area contributed by atoms with E-state index in [1.54, 1.807) is 0 Å². The van der Waals surface area contributed by atoms with Gasteiger partial charge in [0, 0.05) is 16.8 Å². The van der Waals surface area contributed by atoms with Gasteiger partial charge in [-0.05, 0) is 84.6 Å². The van der Waals surface area contributed by atoms with Crippen molar-refractivity contribution < 1.29 is 0 Å². The number of nitrogens with two attached hydrogens (primary N) is 1. The topological polar surface area (TPSA) is 49.9 Å². The van der Waals surface area contributed by atoms with Gasteiger partial charge in [0.2, 0.25) is 0 Å². The van der Waals surface area contributed by atoms with Crippen molar-refractivity contribution in [2.45, 2.75) is 12.3 Å². The van der Waals surface area contributed by atoms with E-state index in [0.29, 0.717) is 11.4 Å². The summed E-state index contributed by atoms with van der Waals surface area (Å²) in [5.74, 6) is 0. The summed E-state index contributed by atoms with van der Waals surface area (Å²) in [7, 11) is 0. The SMILES string of the molecule is Cc1cc2c(c3ccccc13)-c1c(ccc3ccccc13)C21c2ccccc2-c2ccccc21.N=C(c1ccccc1)c1ccccc1N. The predicted molar refractivity (Wildman–Crippen MR) is 206 cm³/mol. The minimum absolute atomic E-state index is 0.295. The zero-order chi connectivity index (χ0) is 33.1. The highest BCUT2D eigenvalue weighted by atomic mass is 14.6. The van der Waals surface area contributed by atoms with E-state index in [0.717, 1.165) is 11.1 Å². The van der Waals surface area contributed by atoms with Gasteiger partial charge in [0.05, 0.1) is 11.1 Å². The molecule has 0 saturated heterocycles. The molecule has 0 aromatic heterocycles. The zero-order valence-corrected chi connectivity index (χ0v) is 27.2. The van der Waals surface area contributed by atoms with Gasteiger partial charge >= 0.3 is 0 Å². The first-order valence-corrected chi connectivity index (χ1v) is 16.8. The molecular weight excluding hydrogens is 593 g/mol. The molecule has 2 nitrogen and oxygen atoms in total. The quantitative estimate of drug-likeness (QED) is 0.146. The molecule has 49 heavy (non-hydrogen) atoms. The van der Waals surface area contributed by atoms with Gasteiger partial charge in [0.25, 0.3) is 0 Å². The van der Waals surface area contributed by atoms with Crippen molar-refractivity contribution in [3.8, 4) is 22.3 Å². The van der Waals surface area contributed by atoms with E-state index < -0.39 is 0 Å². The maximum atomic E-state index is 8.03. The van der Waals surface area contributed by atoms with Crippen LogP contribution in [0.15, 0.2) is 170 Å². The summed E-state index contributed by atoms with van der Waals surface area (Å²) in [5.41, 5.74) is 20.8. The van der Waals surface area contributed by atoms with E-state index in [-0.39, 0.29) is 5.41 Å². The van der Waals surface area contributed by atoms with E-state index in [4.69, 9.17) is 11.1 Å². The monoisotopic (exact) mass is 626 g/mol. The first-order valence-electron chi connectivity index (χ1n) is 16.8. The summed E-state index contributed by atoms with van der Waals surface area (Å²) >= 11 is 0. The molecule has 1 spiro atoms. The van der Waals surface area contributed by atoms with Gasteiger partial charge in [0.15, 0.2) is 0 Å². The lowest BCUT2D eigenvalue weighted by Crippen LogP contribution is -2.26. The average molecular weight is 627 g/mol. The van der Waals surface area contributed by atoms with Gasteiger partial charge in [-0.1, -0.05) is 164 Å². The molecule has 8 aromatic rings. The predicted octanol–water partition coefficient (Wildman–Crippen LogP) is 11.3. The number of nitrogen functional groups attached to an aromatic ring is 1. The van der Waals surface area contributed by atoms with Gasteiger partial charge in [-0.15, -0.1) is 0 Å². The lowest BCUT2D eigenvalue weighted by atomic mass is 9.70. The molecule has 0 heterocycles. The Morgan fingerprint density at radius 2 is 1.04 bits per heavy atom. The van der Waals surface area contributed by atoms with Gasteiger partial charge in [-0.3, -0.25) is 5.41 Å². The maximum Gasteiger partial charge on any atom is 0.0726 e. The third kappa shape index (κ3) is 4.17. The summed E-state index contributed by atoms with van der Waals surface area (Å²) in [6.45, 7) is 2.27. The number of fused-ring (bicyclic) bond motifs is 14. The molecule has 0 aliphatic heterocycles. The van der Waals surface area contributed by atoms with Crippen LogP contribution >= 0.6 is 0 Å². The second-order valence-corrected chi connectivity index (χ2v) is 13.0. The lowest BCUT2D eigenvalue weighted by Gasteiger charge is -2.31. The minimum Gasteiger partial charge on any atom is -0.398 e. The summed E-state index contributed by atoms with van der Waals surface area (Å²) in [5, 5.41) is 13.4. The number of aryl methyl sites for hydroxylation is 1. The Bertz CT molecular complexity index is 2550. The Labute approximate surface area is 286 Å². The molecule has 0 saturated carbocycles. The van der Waals surface area contributed by atoms with Crippen LogP contribution in [-0.4, -0.2) is 5.71 Å². The van der Waals surface area contributed by atoms with Crippen LogP contribution in [0.1, 0.15) is 38.9 Å². The highest BCUT2D eigenvalue weighted by molar-refractivity contribution is 6.15. The number of anilines is 1. The van der Waals surface area contributed by atoms with E-state index >= 15 is 0 Å². The van der Waals surface area contributed by atoms with E-state index in [2.05, 4.69) is 122 Å². The average Bonchev–Trinajstić information content (AvgIpc) is 3.63. The standard InChI is InChI=1S/C34H22.C13H12N2/c1-21-20-31-33(27-15-5-4-11-23(21)27)32-24-12-3-2-10-22(24)18-19-30(32)34(31)28-16-8-6-13-25(28)26-14-7-9-17-29(26)34;14-12-9-5-4-8-11(12)13(15)10-6-2-1-3-7-10/h2-20H,1H3;1-9,15H,14H2. The van der Waals surface area contributed by atoms with E-state index in [1.807, 2.05) is 54.6 Å². The van der Waals surface area contributed by atoms with Crippen LogP contribution in [0.3, 0.4) is 0 Å². The molecule has 8 aromatic carbocycles. The molecule has 0 amide bonds. The Morgan fingerprint density at radius 3 is 1.76 bits per heavy atom. The Hall–Kier alpha value is -6.25. The molecule has 0 atom stereocenters. The Morgan fingerprint density at radius 1 is 0.490 bits per heavy atom. The highest BCUT2D eigenvalue weighted by Crippen LogP contribution is 2.64. The van der Waals surface area contributed by atoms with Crippen LogP contribution in [0.25, 0.3) is 43.8 Å². The van der Waals surface area contributed by atoms with Gasteiger partial charge in [0.1, 0.15) is 0 Å². The highest BCUT2D eigenvalue weighted by Gasteiger charge is 2.52. The number of rotatable bonds is 2. The molecular formula is C47H34N2. The fourth-order valence-corrected chi connectivity index (χ4v) is 8.42. The number of hydrogen-bond acceptors (Lipinski definition) is 2. The second kappa shape index (κ2) is 11.2. The number of nitrogens with one attached hydrogen (secondary N) is 1. The lowest BCUT2D eigenvalue weighted by molar-refractivity contribution is 0.794. The fraction of sp³-hybridized carbons (Fsp3) is 0.0426. The molecule has 3 N–H and O–H groups in total. The van der Waals surface area contributed by atoms with Crippen molar-refractivity contribution in [1.82, 2.24) is 0 Å². The largest absolute Gasteiger partial charge is 0.398 e. The van der Waals surface area contributed by atoms with Crippen molar-refractivity contribution in [3.05, 3.63) is 209 Å². The number of hydrogen-bond donors (Lipinski definition) is 2. The van der Waals surface area contributed by atoms with Crippen LogP contribution in [0, 0.1) is 12.3 Å². The van der Waals surface area contributed by atoms with Gasteiger partial charge < -0.3 is 5.73 Å². The van der Waals surface area contributed by atoms with Crippen molar-refractivity contribution in [3.63, 3.8) is 0 Å². The van der Waals surface area contributed by atoms with Crippen LogP contribution < -0.4 is 5.73 Å².